The highest BCUT2D eigenvalue weighted by Crippen LogP contribution is 2.22. The molecule has 0 aliphatic carbocycles. The summed E-state index contributed by atoms with van der Waals surface area (Å²) in [6, 6.07) is 15.5. The van der Waals surface area contributed by atoms with E-state index in [9.17, 15) is 4.79 Å². The fourth-order valence-corrected chi connectivity index (χ4v) is 2.27. The zero-order valence-corrected chi connectivity index (χ0v) is 15.1. The number of hydrogen-bond acceptors (Lipinski definition) is 2. The highest BCUT2D eigenvalue weighted by molar-refractivity contribution is 6.02. The first kappa shape index (κ1) is 18.5. The number of carbonyl (C=O) groups excluding carboxylic acids is 1. The van der Waals surface area contributed by atoms with Crippen LogP contribution in [0.1, 0.15) is 31.9 Å². The van der Waals surface area contributed by atoms with Crippen molar-refractivity contribution in [1.29, 1.82) is 0 Å². The molecule has 0 spiro atoms. The Morgan fingerprint density at radius 2 is 1.88 bits per heavy atom. The topological polar surface area (TPSA) is 38.3 Å². The average Bonchev–Trinajstić information content (AvgIpc) is 2.58. The molecule has 3 heteroatoms. The summed E-state index contributed by atoms with van der Waals surface area (Å²) in [7, 11) is 0. The Morgan fingerprint density at radius 3 is 2.52 bits per heavy atom. The molecule has 0 aliphatic heterocycles. The lowest BCUT2D eigenvalue weighted by molar-refractivity contribution is -0.111. The van der Waals surface area contributed by atoms with Gasteiger partial charge in [-0.1, -0.05) is 63.8 Å². The molecule has 2 aromatic rings. The van der Waals surface area contributed by atoms with Crippen molar-refractivity contribution < 1.29 is 9.53 Å². The van der Waals surface area contributed by atoms with E-state index in [0.29, 0.717) is 18.0 Å². The van der Waals surface area contributed by atoms with Crippen LogP contribution in [0.25, 0.3) is 6.08 Å². The van der Waals surface area contributed by atoms with Gasteiger partial charge >= 0.3 is 0 Å². The second kappa shape index (κ2) is 8.34. The third kappa shape index (κ3) is 5.96. The first-order valence-electron chi connectivity index (χ1n) is 8.32. The molecule has 0 atom stereocenters. The third-order valence-electron chi connectivity index (χ3n) is 3.67. The molecule has 0 aliphatic rings. The van der Waals surface area contributed by atoms with Crippen LogP contribution in [0.3, 0.4) is 0 Å². The Kier molecular flexibility index (Phi) is 6.18. The first-order valence-corrected chi connectivity index (χ1v) is 8.32. The molecule has 0 bridgehead atoms. The summed E-state index contributed by atoms with van der Waals surface area (Å²) in [4.78, 5) is 12.1. The molecule has 2 rings (SSSR count). The highest BCUT2D eigenvalue weighted by Gasteiger charge is 2.12. The van der Waals surface area contributed by atoms with Gasteiger partial charge in [-0.25, -0.2) is 0 Å². The van der Waals surface area contributed by atoms with E-state index in [1.54, 1.807) is 18.2 Å². The lowest BCUT2D eigenvalue weighted by atomic mass is 9.87. The predicted molar refractivity (Wildman–Crippen MR) is 105 cm³/mol. The van der Waals surface area contributed by atoms with Crippen molar-refractivity contribution in [3.05, 3.63) is 78.4 Å². The maximum Gasteiger partial charge on any atom is 0.248 e. The molecule has 0 saturated carbocycles. The molecule has 0 unspecified atom stereocenters. The molecule has 0 heterocycles. The highest BCUT2D eigenvalue weighted by atomic mass is 16.5. The fourth-order valence-electron chi connectivity index (χ4n) is 2.27. The smallest absolute Gasteiger partial charge is 0.248 e. The van der Waals surface area contributed by atoms with Crippen molar-refractivity contribution >= 4 is 17.7 Å². The molecular weight excluding hydrogens is 310 g/mol. The first-order chi connectivity index (χ1) is 11.9. The van der Waals surface area contributed by atoms with E-state index in [-0.39, 0.29) is 11.3 Å². The van der Waals surface area contributed by atoms with Gasteiger partial charge in [-0.15, -0.1) is 0 Å². The number of ether oxygens (including phenoxy) is 1. The molecule has 0 aromatic heterocycles. The van der Waals surface area contributed by atoms with Crippen molar-refractivity contribution in [2.24, 2.45) is 0 Å². The van der Waals surface area contributed by atoms with Crippen LogP contribution >= 0.6 is 0 Å². The van der Waals surface area contributed by atoms with E-state index in [1.807, 2.05) is 30.3 Å². The number of benzene rings is 2. The predicted octanol–water partition coefficient (Wildman–Crippen LogP) is 5.20. The van der Waals surface area contributed by atoms with Gasteiger partial charge in [0.15, 0.2) is 0 Å². The maximum atomic E-state index is 12.1. The van der Waals surface area contributed by atoms with Crippen LogP contribution in [-0.4, -0.2) is 12.5 Å². The van der Waals surface area contributed by atoms with E-state index < -0.39 is 0 Å². The van der Waals surface area contributed by atoms with Gasteiger partial charge in [0.2, 0.25) is 5.91 Å². The van der Waals surface area contributed by atoms with E-state index in [0.717, 1.165) is 5.56 Å². The number of rotatable bonds is 6. The van der Waals surface area contributed by atoms with Gasteiger partial charge in [0.1, 0.15) is 12.4 Å². The average molecular weight is 335 g/mol. The van der Waals surface area contributed by atoms with Crippen LogP contribution in [-0.2, 0) is 10.2 Å². The van der Waals surface area contributed by atoms with Crippen molar-refractivity contribution in [3.63, 3.8) is 0 Å². The minimum atomic E-state index is -0.180. The molecular formula is C22H25NO2. The Balaban J connectivity index is 1.97. The zero-order chi connectivity index (χ0) is 18.3. The van der Waals surface area contributed by atoms with Crippen molar-refractivity contribution in [2.45, 2.75) is 26.2 Å². The second-order valence-electron chi connectivity index (χ2n) is 6.82. The number of nitrogens with one attached hydrogen (secondary N) is 1. The van der Waals surface area contributed by atoms with Crippen LogP contribution in [0.4, 0.5) is 5.69 Å². The van der Waals surface area contributed by atoms with Crippen molar-refractivity contribution in [3.8, 4) is 5.75 Å². The van der Waals surface area contributed by atoms with Crippen LogP contribution < -0.4 is 10.1 Å². The number of hydrogen-bond donors (Lipinski definition) is 1. The van der Waals surface area contributed by atoms with E-state index in [1.165, 1.54) is 11.6 Å². The molecule has 0 radical (unpaired) electrons. The molecule has 0 saturated heterocycles. The van der Waals surface area contributed by atoms with E-state index in [4.69, 9.17) is 4.74 Å². The van der Waals surface area contributed by atoms with Gasteiger partial charge in [-0.3, -0.25) is 4.79 Å². The second-order valence-corrected chi connectivity index (χ2v) is 6.82. The van der Waals surface area contributed by atoms with Gasteiger partial charge < -0.3 is 10.1 Å². The summed E-state index contributed by atoms with van der Waals surface area (Å²) >= 11 is 0. The fraction of sp³-hybridized carbons (Fsp3) is 0.227. The number of amides is 1. The molecule has 25 heavy (non-hydrogen) atoms. The Labute approximate surface area is 150 Å². The van der Waals surface area contributed by atoms with Crippen LogP contribution in [0.15, 0.2) is 67.3 Å². The third-order valence-corrected chi connectivity index (χ3v) is 3.67. The minimum absolute atomic E-state index is 0.123. The SMILES string of the molecule is C=CCOc1cccc(NC(=O)/C=C/c2ccc(C(C)(C)C)cc2)c1. The largest absolute Gasteiger partial charge is 0.489 e. The molecule has 1 N–H and O–H groups in total. The quantitative estimate of drug-likeness (QED) is 0.582. The minimum Gasteiger partial charge on any atom is -0.489 e. The van der Waals surface area contributed by atoms with E-state index >= 15 is 0 Å². The molecule has 0 fully saturated rings. The summed E-state index contributed by atoms with van der Waals surface area (Å²) in [6.07, 6.45) is 5.02. The van der Waals surface area contributed by atoms with E-state index in [2.05, 4.69) is 44.8 Å². The molecule has 1 amide bonds. The van der Waals surface area contributed by atoms with Crippen LogP contribution in [0.2, 0.25) is 0 Å². The van der Waals surface area contributed by atoms with Crippen molar-refractivity contribution in [2.75, 3.05) is 11.9 Å². The lowest BCUT2D eigenvalue weighted by Crippen LogP contribution is -2.10. The number of anilines is 1. The standard InChI is InChI=1S/C22H25NO2/c1-5-15-25-20-8-6-7-19(16-20)23-21(24)14-11-17-9-12-18(13-10-17)22(2,3)4/h5-14,16H,1,15H2,2-4H3,(H,23,24)/b14-11+. The lowest BCUT2D eigenvalue weighted by Gasteiger charge is -2.18. The Morgan fingerprint density at radius 1 is 1.16 bits per heavy atom. The summed E-state index contributed by atoms with van der Waals surface area (Å²) in [5.41, 5.74) is 3.08. The molecule has 3 nitrogen and oxygen atoms in total. The van der Waals surface area contributed by atoms with Gasteiger partial charge in [0, 0.05) is 17.8 Å². The Hall–Kier alpha value is -2.81. The summed E-state index contributed by atoms with van der Waals surface area (Å²) in [5.74, 6) is 0.514. The molecule has 2 aromatic carbocycles. The zero-order valence-electron chi connectivity index (χ0n) is 15.1. The normalized spacial score (nSPS) is 11.3. The van der Waals surface area contributed by atoms with Gasteiger partial charge in [-0.2, -0.15) is 0 Å². The molecule has 130 valence electrons. The summed E-state index contributed by atoms with van der Waals surface area (Å²) in [6.45, 7) is 10.6. The monoisotopic (exact) mass is 335 g/mol. The van der Waals surface area contributed by atoms with Gasteiger partial charge in [0.25, 0.3) is 0 Å². The van der Waals surface area contributed by atoms with Gasteiger partial charge in [0.05, 0.1) is 0 Å². The summed E-state index contributed by atoms with van der Waals surface area (Å²) in [5, 5.41) is 2.83. The van der Waals surface area contributed by atoms with Gasteiger partial charge in [-0.05, 0) is 34.8 Å². The van der Waals surface area contributed by atoms with Crippen LogP contribution in [0, 0.1) is 0 Å². The summed E-state index contributed by atoms with van der Waals surface area (Å²) < 4.78 is 5.46. The Bertz CT molecular complexity index is 752. The number of carbonyl (C=O) groups is 1. The van der Waals surface area contributed by atoms with Crippen molar-refractivity contribution in [1.82, 2.24) is 0 Å². The van der Waals surface area contributed by atoms with Crippen LogP contribution in [0.5, 0.6) is 5.75 Å². The maximum absolute atomic E-state index is 12.1.